The van der Waals surface area contributed by atoms with E-state index >= 15 is 0 Å². The van der Waals surface area contributed by atoms with E-state index in [1.54, 1.807) is 18.2 Å². The van der Waals surface area contributed by atoms with Gasteiger partial charge in [-0.15, -0.1) is 0 Å². The molecule has 0 spiro atoms. The molecule has 5 nitrogen and oxygen atoms in total. The second kappa shape index (κ2) is 7.32. The predicted octanol–water partition coefficient (Wildman–Crippen LogP) is 4.22. The van der Waals surface area contributed by atoms with Crippen LogP contribution in [0.15, 0.2) is 40.8 Å². The Morgan fingerprint density at radius 3 is 2.73 bits per heavy atom. The number of carbonyl (C=O) groups excluding carboxylic acids is 1. The lowest BCUT2D eigenvalue weighted by molar-refractivity contribution is -0.139. The topological polar surface area (TPSA) is 72.5 Å². The van der Waals surface area contributed by atoms with Crippen LogP contribution in [0.25, 0.3) is 11.0 Å². The van der Waals surface area contributed by atoms with Crippen molar-refractivity contribution < 1.29 is 18.7 Å². The first-order valence-corrected chi connectivity index (χ1v) is 8.22. The van der Waals surface area contributed by atoms with Crippen LogP contribution in [0.1, 0.15) is 28.0 Å². The molecule has 0 saturated heterocycles. The summed E-state index contributed by atoms with van der Waals surface area (Å²) in [5, 5.41) is 10.1. The molecule has 0 N–H and O–H groups in total. The summed E-state index contributed by atoms with van der Waals surface area (Å²) in [6, 6.07) is 13.1. The minimum absolute atomic E-state index is 0.0938. The number of ether oxygens (including phenoxy) is 2. The van der Waals surface area contributed by atoms with Gasteiger partial charge < -0.3 is 13.9 Å². The molecule has 3 rings (SSSR count). The molecule has 5 heteroatoms. The zero-order valence-electron chi connectivity index (χ0n) is 15.0. The van der Waals surface area contributed by atoms with Gasteiger partial charge in [0.1, 0.15) is 23.7 Å². The first-order chi connectivity index (χ1) is 12.5. The van der Waals surface area contributed by atoms with E-state index in [1.165, 1.54) is 7.11 Å². The van der Waals surface area contributed by atoms with Crippen molar-refractivity contribution in [2.24, 2.45) is 0 Å². The fraction of sp³-hybridized carbons (Fsp3) is 0.238. The van der Waals surface area contributed by atoms with E-state index in [0.29, 0.717) is 23.5 Å². The molecule has 0 aliphatic carbocycles. The summed E-state index contributed by atoms with van der Waals surface area (Å²) in [6.07, 6.45) is 0.0938. The average Bonchev–Trinajstić information content (AvgIpc) is 3.01. The number of methoxy groups -OCH3 is 1. The standard InChI is InChI=1S/C21H19NO4/c1-13-6-16(8-18-7-14(2)26-21(13)18)12-25-19-9-15(11-22)4-5-17(19)10-20(23)24-3/h4-9H,10,12H2,1-3H3. The van der Waals surface area contributed by atoms with E-state index in [4.69, 9.17) is 19.2 Å². The number of benzene rings is 2. The van der Waals surface area contributed by atoms with Crippen molar-refractivity contribution in [3.8, 4) is 11.8 Å². The highest BCUT2D eigenvalue weighted by Gasteiger charge is 2.12. The summed E-state index contributed by atoms with van der Waals surface area (Å²) in [5.74, 6) is 1.02. The number of rotatable bonds is 5. The minimum Gasteiger partial charge on any atom is -0.489 e. The molecule has 0 fully saturated rings. The molecule has 0 aliphatic rings. The Labute approximate surface area is 151 Å². The number of nitriles is 1. The molecule has 0 atom stereocenters. The largest absolute Gasteiger partial charge is 0.489 e. The fourth-order valence-corrected chi connectivity index (χ4v) is 2.91. The molecule has 0 unspecified atom stereocenters. The van der Waals surface area contributed by atoms with Gasteiger partial charge in [0.25, 0.3) is 0 Å². The lowest BCUT2D eigenvalue weighted by Gasteiger charge is -2.12. The number of nitrogens with zero attached hydrogens (tertiary/aromatic N) is 1. The SMILES string of the molecule is COC(=O)Cc1ccc(C#N)cc1OCc1cc(C)c2oc(C)cc2c1. The number of hydrogen-bond donors (Lipinski definition) is 0. The van der Waals surface area contributed by atoms with Gasteiger partial charge >= 0.3 is 5.97 Å². The molecule has 0 saturated carbocycles. The highest BCUT2D eigenvalue weighted by Crippen LogP contribution is 2.26. The summed E-state index contributed by atoms with van der Waals surface area (Å²) in [7, 11) is 1.34. The summed E-state index contributed by atoms with van der Waals surface area (Å²) in [6.45, 7) is 4.24. The Balaban J connectivity index is 1.86. The average molecular weight is 349 g/mol. The number of furan rings is 1. The van der Waals surface area contributed by atoms with Crippen molar-refractivity contribution in [1.29, 1.82) is 5.26 Å². The third-order valence-corrected chi connectivity index (χ3v) is 4.14. The number of hydrogen-bond acceptors (Lipinski definition) is 5. The summed E-state index contributed by atoms with van der Waals surface area (Å²) >= 11 is 0. The van der Waals surface area contributed by atoms with Gasteiger partial charge in [-0.05, 0) is 55.3 Å². The monoisotopic (exact) mass is 349 g/mol. The number of fused-ring (bicyclic) bond motifs is 1. The fourth-order valence-electron chi connectivity index (χ4n) is 2.91. The van der Waals surface area contributed by atoms with E-state index in [1.807, 2.05) is 32.0 Å². The Morgan fingerprint density at radius 1 is 1.19 bits per heavy atom. The van der Waals surface area contributed by atoms with Crippen LogP contribution >= 0.6 is 0 Å². The molecule has 0 radical (unpaired) electrons. The molecule has 0 aliphatic heterocycles. The van der Waals surface area contributed by atoms with Gasteiger partial charge in [-0.3, -0.25) is 4.79 Å². The number of aryl methyl sites for hydroxylation is 2. The third-order valence-electron chi connectivity index (χ3n) is 4.14. The highest BCUT2D eigenvalue weighted by atomic mass is 16.5. The maximum atomic E-state index is 11.6. The van der Waals surface area contributed by atoms with Crippen molar-refractivity contribution in [2.45, 2.75) is 26.9 Å². The Bertz CT molecular complexity index is 1010. The molecule has 3 aromatic rings. The van der Waals surface area contributed by atoms with Crippen molar-refractivity contribution in [3.63, 3.8) is 0 Å². The van der Waals surface area contributed by atoms with E-state index in [9.17, 15) is 4.79 Å². The number of esters is 1. The molecular formula is C21H19NO4. The quantitative estimate of drug-likeness (QED) is 0.645. The van der Waals surface area contributed by atoms with E-state index < -0.39 is 0 Å². The summed E-state index contributed by atoms with van der Waals surface area (Å²) < 4.78 is 16.4. The van der Waals surface area contributed by atoms with E-state index in [0.717, 1.165) is 27.9 Å². The van der Waals surface area contributed by atoms with Crippen LogP contribution in [0.3, 0.4) is 0 Å². The normalized spacial score (nSPS) is 10.5. The predicted molar refractivity (Wildman–Crippen MR) is 96.9 cm³/mol. The zero-order chi connectivity index (χ0) is 18.7. The Hall–Kier alpha value is -3.26. The molecule has 1 aromatic heterocycles. The van der Waals surface area contributed by atoms with Gasteiger partial charge in [0.2, 0.25) is 0 Å². The summed E-state index contributed by atoms with van der Waals surface area (Å²) in [5.41, 5.74) is 4.07. The van der Waals surface area contributed by atoms with Crippen molar-refractivity contribution in [2.75, 3.05) is 7.11 Å². The van der Waals surface area contributed by atoms with Crippen LogP contribution in [0.2, 0.25) is 0 Å². The Morgan fingerprint density at radius 2 is 2.00 bits per heavy atom. The van der Waals surface area contributed by atoms with Gasteiger partial charge in [0.15, 0.2) is 0 Å². The van der Waals surface area contributed by atoms with Gasteiger partial charge in [-0.2, -0.15) is 5.26 Å². The first kappa shape index (κ1) is 17.6. The maximum Gasteiger partial charge on any atom is 0.310 e. The van der Waals surface area contributed by atoms with Crippen molar-refractivity contribution in [3.05, 3.63) is 64.4 Å². The third kappa shape index (κ3) is 3.70. The van der Waals surface area contributed by atoms with Crippen molar-refractivity contribution >= 4 is 16.9 Å². The molecular weight excluding hydrogens is 330 g/mol. The molecule has 2 aromatic carbocycles. The van der Waals surface area contributed by atoms with Gasteiger partial charge in [0, 0.05) is 10.9 Å². The molecule has 0 amide bonds. The number of carbonyl (C=O) groups is 1. The van der Waals surface area contributed by atoms with Crippen LogP contribution in [-0.2, 0) is 22.6 Å². The highest BCUT2D eigenvalue weighted by molar-refractivity contribution is 5.81. The van der Waals surface area contributed by atoms with Gasteiger partial charge in [-0.25, -0.2) is 0 Å². The lowest BCUT2D eigenvalue weighted by atomic mass is 10.1. The van der Waals surface area contributed by atoms with E-state index in [-0.39, 0.29) is 12.4 Å². The second-order valence-electron chi connectivity index (χ2n) is 6.16. The van der Waals surface area contributed by atoms with Crippen LogP contribution in [0, 0.1) is 25.2 Å². The zero-order valence-corrected chi connectivity index (χ0v) is 15.0. The van der Waals surface area contributed by atoms with Crippen LogP contribution in [-0.4, -0.2) is 13.1 Å². The minimum atomic E-state index is -0.356. The lowest BCUT2D eigenvalue weighted by Crippen LogP contribution is -2.07. The molecule has 132 valence electrons. The molecule has 0 bridgehead atoms. The van der Waals surface area contributed by atoms with Crippen LogP contribution in [0.5, 0.6) is 5.75 Å². The van der Waals surface area contributed by atoms with E-state index in [2.05, 4.69) is 6.07 Å². The molecule has 1 heterocycles. The van der Waals surface area contributed by atoms with Crippen LogP contribution in [0.4, 0.5) is 0 Å². The van der Waals surface area contributed by atoms with Crippen molar-refractivity contribution in [1.82, 2.24) is 0 Å². The van der Waals surface area contributed by atoms with Gasteiger partial charge in [-0.1, -0.05) is 6.07 Å². The van der Waals surface area contributed by atoms with Crippen LogP contribution < -0.4 is 4.74 Å². The molecule has 26 heavy (non-hydrogen) atoms. The second-order valence-corrected chi connectivity index (χ2v) is 6.16. The smallest absolute Gasteiger partial charge is 0.310 e. The maximum absolute atomic E-state index is 11.6. The first-order valence-electron chi connectivity index (χ1n) is 8.22. The van der Waals surface area contributed by atoms with Gasteiger partial charge in [0.05, 0.1) is 25.2 Å². The Kier molecular flexibility index (Phi) is 4.94. The summed E-state index contributed by atoms with van der Waals surface area (Å²) in [4.78, 5) is 11.6.